The van der Waals surface area contributed by atoms with Gasteiger partial charge in [-0.15, -0.1) is 11.8 Å². The average molecular weight is 314 g/mol. The summed E-state index contributed by atoms with van der Waals surface area (Å²) in [6.45, 7) is 2.27. The van der Waals surface area contributed by atoms with Gasteiger partial charge in [-0.25, -0.2) is 0 Å². The molecule has 0 radical (unpaired) electrons. The van der Waals surface area contributed by atoms with Gasteiger partial charge in [0.15, 0.2) is 0 Å². The molecule has 0 amide bonds. The zero-order chi connectivity index (χ0) is 14.6. The molecule has 5 heteroatoms. The average Bonchev–Trinajstić information content (AvgIpc) is 2.84. The van der Waals surface area contributed by atoms with Crippen LogP contribution in [0.5, 0.6) is 0 Å². The van der Waals surface area contributed by atoms with Gasteiger partial charge in [-0.05, 0) is 51.4 Å². The molecule has 1 fully saturated rings. The van der Waals surface area contributed by atoms with Crippen molar-refractivity contribution in [1.82, 2.24) is 5.32 Å². The van der Waals surface area contributed by atoms with E-state index in [1.807, 2.05) is 32.2 Å². The molecule has 1 N–H and O–H groups in total. The van der Waals surface area contributed by atoms with Gasteiger partial charge in [0.05, 0.1) is 6.61 Å². The Bertz CT molecular complexity index is 483. The number of hydrogen-bond acceptors (Lipinski definition) is 4. The van der Waals surface area contributed by atoms with Crippen LogP contribution in [0.2, 0.25) is 5.02 Å². The van der Waals surface area contributed by atoms with Crippen molar-refractivity contribution >= 4 is 29.3 Å². The molecule has 2 unspecified atom stereocenters. The van der Waals surface area contributed by atoms with Crippen LogP contribution in [0.15, 0.2) is 29.2 Å². The minimum Gasteiger partial charge on any atom is -0.465 e. The van der Waals surface area contributed by atoms with Crippen LogP contribution in [0.3, 0.4) is 0 Å². The van der Waals surface area contributed by atoms with E-state index in [0.717, 1.165) is 29.2 Å². The number of carbonyl (C=O) groups is 1. The van der Waals surface area contributed by atoms with Crippen molar-refractivity contribution in [3.8, 4) is 0 Å². The molecule has 0 heterocycles. The lowest BCUT2D eigenvalue weighted by Gasteiger charge is -2.26. The van der Waals surface area contributed by atoms with E-state index in [9.17, 15) is 4.79 Å². The van der Waals surface area contributed by atoms with Gasteiger partial charge in [0.1, 0.15) is 5.54 Å². The Morgan fingerprint density at radius 2 is 2.40 bits per heavy atom. The van der Waals surface area contributed by atoms with Gasteiger partial charge >= 0.3 is 5.97 Å². The van der Waals surface area contributed by atoms with Crippen LogP contribution >= 0.6 is 23.4 Å². The Labute approximate surface area is 129 Å². The molecule has 0 saturated heterocycles. The number of nitrogens with one attached hydrogen (secondary N) is 1. The van der Waals surface area contributed by atoms with Gasteiger partial charge in [0.25, 0.3) is 0 Å². The van der Waals surface area contributed by atoms with Gasteiger partial charge in [-0.3, -0.25) is 4.79 Å². The molecule has 0 bridgehead atoms. The van der Waals surface area contributed by atoms with Gasteiger partial charge in [-0.1, -0.05) is 17.7 Å². The molecule has 1 aliphatic rings. The second-order valence-corrected chi connectivity index (χ2v) is 6.80. The van der Waals surface area contributed by atoms with Crippen LogP contribution in [-0.2, 0) is 9.53 Å². The highest BCUT2D eigenvalue weighted by Gasteiger charge is 2.45. The molecular formula is C15H20ClNO2S. The second-order valence-electron chi connectivity index (χ2n) is 4.99. The maximum atomic E-state index is 12.1. The Hall–Kier alpha value is -0.710. The Kier molecular flexibility index (Phi) is 5.35. The third-order valence-electron chi connectivity index (χ3n) is 3.71. The first kappa shape index (κ1) is 15.7. The van der Waals surface area contributed by atoms with Crippen LogP contribution in [0.25, 0.3) is 0 Å². The summed E-state index contributed by atoms with van der Waals surface area (Å²) in [4.78, 5) is 13.3. The molecule has 1 aromatic carbocycles. The van der Waals surface area contributed by atoms with E-state index in [-0.39, 0.29) is 5.97 Å². The van der Waals surface area contributed by atoms with Crippen LogP contribution in [0.1, 0.15) is 26.2 Å². The third kappa shape index (κ3) is 3.48. The molecule has 2 atom stereocenters. The van der Waals surface area contributed by atoms with E-state index in [4.69, 9.17) is 16.3 Å². The summed E-state index contributed by atoms with van der Waals surface area (Å²) >= 11 is 7.79. The smallest absolute Gasteiger partial charge is 0.326 e. The predicted octanol–water partition coefficient (Wildman–Crippen LogP) is 3.51. The SMILES string of the molecule is CCOC(=O)C1(NC)CCC(Sc2cccc(Cl)c2)C1. The highest BCUT2D eigenvalue weighted by Crippen LogP contribution is 2.41. The molecule has 3 nitrogen and oxygen atoms in total. The quantitative estimate of drug-likeness (QED) is 0.844. The van der Waals surface area contributed by atoms with Crippen molar-refractivity contribution in [3.05, 3.63) is 29.3 Å². The van der Waals surface area contributed by atoms with Gasteiger partial charge in [0.2, 0.25) is 0 Å². The van der Waals surface area contributed by atoms with E-state index >= 15 is 0 Å². The fourth-order valence-corrected chi connectivity index (χ4v) is 4.21. The Morgan fingerprint density at radius 3 is 3.05 bits per heavy atom. The van der Waals surface area contributed by atoms with Crippen molar-refractivity contribution in [2.45, 2.75) is 41.9 Å². The molecule has 0 aromatic heterocycles. The number of thioether (sulfide) groups is 1. The standard InChI is InChI=1S/C15H20ClNO2S/c1-3-19-14(18)15(17-2)8-7-13(10-15)20-12-6-4-5-11(16)9-12/h4-6,9,13,17H,3,7-8,10H2,1-2H3. The number of esters is 1. The number of ether oxygens (including phenoxy) is 1. The zero-order valence-electron chi connectivity index (χ0n) is 11.8. The summed E-state index contributed by atoms with van der Waals surface area (Å²) in [7, 11) is 1.84. The van der Waals surface area contributed by atoms with E-state index in [1.165, 1.54) is 0 Å². The minimum absolute atomic E-state index is 0.128. The van der Waals surface area contributed by atoms with Gasteiger partial charge in [0, 0.05) is 15.2 Å². The summed E-state index contributed by atoms with van der Waals surface area (Å²) in [6.07, 6.45) is 2.61. The van der Waals surface area contributed by atoms with Crippen LogP contribution in [0.4, 0.5) is 0 Å². The summed E-state index contributed by atoms with van der Waals surface area (Å²) in [5, 5.41) is 4.33. The number of benzene rings is 1. The van der Waals surface area contributed by atoms with Gasteiger partial charge < -0.3 is 10.1 Å². The lowest BCUT2D eigenvalue weighted by atomic mass is 9.98. The van der Waals surface area contributed by atoms with E-state index in [1.54, 1.807) is 11.8 Å². The van der Waals surface area contributed by atoms with Crippen LogP contribution in [0, 0.1) is 0 Å². The third-order valence-corrected chi connectivity index (χ3v) is 5.21. The van der Waals surface area contributed by atoms with Crippen molar-refractivity contribution < 1.29 is 9.53 Å². The van der Waals surface area contributed by atoms with E-state index in [0.29, 0.717) is 11.9 Å². The zero-order valence-corrected chi connectivity index (χ0v) is 13.4. The molecule has 20 heavy (non-hydrogen) atoms. The number of rotatable bonds is 5. The molecule has 1 aliphatic carbocycles. The summed E-state index contributed by atoms with van der Waals surface area (Å²) in [5.41, 5.74) is -0.522. The lowest BCUT2D eigenvalue weighted by molar-refractivity contribution is -0.150. The van der Waals surface area contributed by atoms with Crippen molar-refractivity contribution in [1.29, 1.82) is 0 Å². The fraction of sp³-hybridized carbons (Fsp3) is 0.533. The molecule has 1 saturated carbocycles. The number of carbonyl (C=O) groups excluding carboxylic acids is 1. The maximum Gasteiger partial charge on any atom is 0.326 e. The monoisotopic (exact) mass is 313 g/mol. The second kappa shape index (κ2) is 6.83. The lowest BCUT2D eigenvalue weighted by Crippen LogP contribution is -2.49. The highest BCUT2D eigenvalue weighted by atomic mass is 35.5. The normalized spacial score (nSPS) is 25.6. The van der Waals surface area contributed by atoms with Crippen molar-refractivity contribution in [3.63, 3.8) is 0 Å². The minimum atomic E-state index is -0.522. The summed E-state index contributed by atoms with van der Waals surface area (Å²) in [6, 6.07) is 7.85. The van der Waals surface area contributed by atoms with Gasteiger partial charge in [-0.2, -0.15) is 0 Å². The summed E-state index contributed by atoms with van der Waals surface area (Å²) in [5.74, 6) is -0.128. The first-order chi connectivity index (χ1) is 9.59. The molecule has 110 valence electrons. The molecule has 2 rings (SSSR count). The highest BCUT2D eigenvalue weighted by molar-refractivity contribution is 8.00. The van der Waals surface area contributed by atoms with Crippen molar-refractivity contribution in [2.75, 3.05) is 13.7 Å². The van der Waals surface area contributed by atoms with E-state index in [2.05, 4.69) is 11.4 Å². The van der Waals surface area contributed by atoms with E-state index < -0.39 is 5.54 Å². The first-order valence-corrected chi connectivity index (χ1v) is 8.14. The topological polar surface area (TPSA) is 38.3 Å². The number of likely N-dealkylation sites (N-methyl/N-ethyl adjacent to an activating group) is 1. The molecular weight excluding hydrogens is 294 g/mol. The molecule has 0 aliphatic heterocycles. The first-order valence-electron chi connectivity index (χ1n) is 6.88. The summed E-state index contributed by atoms with van der Waals surface area (Å²) < 4.78 is 5.21. The Balaban J connectivity index is 2.02. The molecule has 0 spiro atoms. The Morgan fingerprint density at radius 1 is 1.60 bits per heavy atom. The fourth-order valence-electron chi connectivity index (χ4n) is 2.62. The van der Waals surface area contributed by atoms with Crippen LogP contribution in [-0.4, -0.2) is 30.4 Å². The number of halogens is 1. The largest absolute Gasteiger partial charge is 0.465 e. The maximum absolute atomic E-state index is 12.1. The van der Waals surface area contributed by atoms with Crippen LogP contribution < -0.4 is 5.32 Å². The molecule has 1 aromatic rings. The van der Waals surface area contributed by atoms with Crippen molar-refractivity contribution in [2.24, 2.45) is 0 Å². The number of hydrogen-bond donors (Lipinski definition) is 1. The predicted molar refractivity (Wildman–Crippen MR) is 83.4 cm³/mol.